The fourth-order valence-electron chi connectivity index (χ4n) is 4.56. The summed E-state index contributed by atoms with van der Waals surface area (Å²) in [4.78, 5) is 19.3. The topological polar surface area (TPSA) is 99.4 Å². The molecule has 0 fully saturated rings. The number of primary amides is 1. The van der Waals surface area contributed by atoms with Crippen molar-refractivity contribution >= 4 is 11.6 Å². The first-order chi connectivity index (χ1) is 16.4. The highest BCUT2D eigenvalue weighted by molar-refractivity contribution is 6.05. The Labute approximate surface area is 198 Å². The van der Waals surface area contributed by atoms with Crippen molar-refractivity contribution in [1.82, 2.24) is 14.5 Å². The van der Waals surface area contributed by atoms with E-state index in [1.165, 1.54) is 0 Å². The fraction of sp³-hybridized carbons (Fsp3) is 0.185. The van der Waals surface area contributed by atoms with Gasteiger partial charge in [-0.1, -0.05) is 30.3 Å². The van der Waals surface area contributed by atoms with Crippen molar-refractivity contribution in [3.8, 4) is 34.0 Å². The van der Waals surface area contributed by atoms with Crippen LogP contribution in [0.5, 0.6) is 11.6 Å². The van der Waals surface area contributed by atoms with Crippen LogP contribution in [-0.4, -0.2) is 34.0 Å². The Bertz CT molecular complexity index is 1360. The molecule has 172 valence electrons. The molecule has 3 heterocycles. The number of nitrogens with zero attached hydrogens (tertiary/aromatic N) is 3. The number of nitrogens with two attached hydrogens (primary N) is 2. The molecule has 4 aromatic rings. The van der Waals surface area contributed by atoms with E-state index in [-0.39, 0.29) is 0 Å². The number of benzene rings is 2. The van der Waals surface area contributed by atoms with Crippen molar-refractivity contribution in [3.05, 3.63) is 83.7 Å². The van der Waals surface area contributed by atoms with E-state index in [2.05, 4.69) is 21.5 Å². The highest BCUT2D eigenvalue weighted by Gasteiger charge is 2.30. The van der Waals surface area contributed by atoms with Crippen LogP contribution < -0.4 is 16.2 Å². The average molecular weight is 454 g/mol. The van der Waals surface area contributed by atoms with Gasteiger partial charge in [0.15, 0.2) is 0 Å². The van der Waals surface area contributed by atoms with Gasteiger partial charge in [-0.15, -0.1) is 0 Å². The van der Waals surface area contributed by atoms with Crippen molar-refractivity contribution in [3.63, 3.8) is 0 Å². The highest BCUT2D eigenvalue weighted by Crippen LogP contribution is 2.41. The molecular weight excluding hydrogens is 426 g/mol. The van der Waals surface area contributed by atoms with Crippen molar-refractivity contribution in [1.29, 1.82) is 0 Å². The molecule has 0 spiro atoms. The van der Waals surface area contributed by atoms with Gasteiger partial charge >= 0.3 is 0 Å². The number of hydrogen-bond donors (Lipinski definition) is 2. The molecular formula is C27H27N5O2. The minimum atomic E-state index is -0.431. The molecule has 1 amide bonds. The van der Waals surface area contributed by atoms with Crippen molar-refractivity contribution in [2.75, 3.05) is 19.3 Å². The number of aryl methyl sites for hydroxylation is 1. The SMILES string of the molecule is Cc1cccc(Oc2ccc(-c3c(C(N)=O)c4n(c3-c3ccc(N)cc3)CCN(C)C4)cc2)n1. The Morgan fingerprint density at radius 3 is 2.35 bits per heavy atom. The molecule has 2 aromatic carbocycles. The molecule has 0 bridgehead atoms. The molecule has 0 unspecified atom stereocenters. The summed E-state index contributed by atoms with van der Waals surface area (Å²) >= 11 is 0. The van der Waals surface area contributed by atoms with Crippen molar-refractivity contribution < 1.29 is 9.53 Å². The van der Waals surface area contributed by atoms with Gasteiger partial charge in [0.2, 0.25) is 5.88 Å². The van der Waals surface area contributed by atoms with Crippen LogP contribution in [0.15, 0.2) is 66.7 Å². The first kappa shape index (κ1) is 21.7. The molecule has 1 aliphatic rings. The predicted octanol–water partition coefficient (Wildman–Crippen LogP) is 4.44. The minimum absolute atomic E-state index is 0.431. The Hall–Kier alpha value is -4.10. The Balaban J connectivity index is 1.64. The third-order valence-electron chi connectivity index (χ3n) is 6.15. The van der Waals surface area contributed by atoms with Crippen LogP contribution in [0.4, 0.5) is 5.69 Å². The molecule has 5 rings (SSSR count). The van der Waals surface area contributed by atoms with Crippen LogP contribution >= 0.6 is 0 Å². The molecule has 34 heavy (non-hydrogen) atoms. The average Bonchev–Trinajstić information content (AvgIpc) is 3.14. The normalized spacial score (nSPS) is 13.5. The van der Waals surface area contributed by atoms with Gasteiger partial charge in [0, 0.05) is 48.3 Å². The summed E-state index contributed by atoms with van der Waals surface area (Å²) in [6.07, 6.45) is 0. The minimum Gasteiger partial charge on any atom is -0.439 e. The lowest BCUT2D eigenvalue weighted by molar-refractivity contribution is 0.0998. The number of ether oxygens (including phenoxy) is 1. The number of carbonyl (C=O) groups is 1. The van der Waals surface area contributed by atoms with Gasteiger partial charge in [0.1, 0.15) is 5.75 Å². The number of likely N-dealkylation sites (N-methyl/N-ethyl adjacent to an activating group) is 1. The first-order valence-corrected chi connectivity index (χ1v) is 11.2. The van der Waals surface area contributed by atoms with E-state index in [9.17, 15) is 4.79 Å². The second-order valence-corrected chi connectivity index (χ2v) is 8.66. The van der Waals surface area contributed by atoms with Gasteiger partial charge in [0.25, 0.3) is 5.91 Å². The largest absolute Gasteiger partial charge is 0.439 e. The molecule has 0 saturated carbocycles. The van der Waals surface area contributed by atoms with E-state index in [4.69, 9.17) is 16.2 Å². The molecule has 4 N–H and O–H groups in total. The third-order valence-corrected chi connectivity index (χ3v) is 6.15. The number of anilines is 1. The van der Waals surface area contributed by atoms with Crippen LogP contribution in [-0.2, 0) is 13.1 Å². The quantitative estimate of drug-likeness (QED) is 0.435. The number of pyridine rings is 1. The van der Waals surface area contributed by atoms with E-state index in [0.29, 0.717) is 29.4 Å². The standard InChI is InChI=1S/C27H27N5O2/c1-17-4-3-5-23(30-17)34-21-12-8-18(9-13-21)24-25(27(29)33)22-16-31(2)14-15-32(22)26(24)19-6-10-20(28)11-7-19/h3-13H,14-16,28H2,1-2H3,(H2,29,33). The van der Waals surface area contributed by atoms with Crippen LogP contribution in [0.3, 0.4) is 0 Å². The summed E-state index contributed by atoms with van der Waals surface area (Å²) in [6.45, 7) is 4.23. The van der Waals surface area contributed by atoms with Crippen molar-refractivity contribution in [2.45, 2.75) is 20.0 Å². The molecule has 0 aliphatic carbocycles. The molecule has 1 aliphatic heterocycles. The summed E-state index contributed by atoms with van der Waals surface area (Å²) in [5, 5.41) is 0. The maximum absolute atomic E-state index is 12.7. The number of carbonyl (C=O) groups excluding carboxylic acids is 1. The summed E-state index contributed by atoms with van der Waals surface area (Å²) in [7, 11) is 2.05. The zero-order chi connectivity index (χ0) is 23.8. The number of aromatic nitrogens is 2. The first-order valence-electron chi connectivity index (χ1n) is 11.2. The summed E-state index contributed by atoms with van der Waals surface area (Å²) < 4.78 is 8.15. The third kappa shape index (κ3) is 4.02. The molecule has 0 atom stereocenters. The molecule has 7 nitrogen and oxygen atoms in total. The van der Waals surface area contributed by atoms with E-state index in [1.807, 2.05) is 73.7 Å². The van der Waals surface area contributed by atoms with Gasteiger partial charge in [-0.2, -0.15) is 0 Å². The van der Waals surface area contributed by atoms with E-state index >= 15 is 0 Å². The van der Waals surface area contributed by atoms with Gasteiger partial charge in [-0.25, -0.2) is 4.98 Å². The predicted molar refractivity (Wildman–Crippen MR) is 134 cm³/mol. The number of hydrogen-bond acceptors (Lipinski definition) is 5. The van der Waals surface area contributed by atoms with E-state index in [1.54, 1.807) is 0 Å². The lowest BCUT2D eigenvalue weighted by Crippen LogP contribution is -2.31. The number of nitrogen functional groups attached to an aromatic ring is 1. The summed E-state index contributed by atoms with van der Waals surface area (Å²) in [5.41, 5.74) is 18.7. The van der Waals surface area contributed by atoms with Crippen LogP contribution in [0.2, 0.25) is 0 Å². The molecule has 0 radical (unpaired) electrons. The molecule has 7 heteroatoms. The van der Waals surface area contributed by atoms with Gasteiger partial charge < -0.3 is 20.8 Å². The maximum atomic E-state index is 12.7. The zero-order valence-corrected chi connectivity index (χ0v) is 19.3. The van der Waals surface area contributed by atoms with E-state index < -0.39 is 5.91 Å². The van der Waals surface area contributed by atoms with Crippen LogP contribution in [0.1, 0.15) is 21.7 Å². The van der Waals surface area contributed by atoms with Crippen LogP contribution in [0, 0.1) is 6.92 Å². The number of fused-ring (bicyclic) bond motifs is 1. The van der Waals surface area contributed by atoms with Crippen LogP contribution in [0.25, 0.3) is 22.4 Å². The fourth-order valence-corrected chi connectivity index (χ4v) is 4.56. The van der Waals surface area contributed by atoms with Crippen molar-refractivity contribution in [2.24, 2.45) is 5.73 Å². The van der Waals surface area contributed by atoms with Gasteiger partial charge in [-0.3, -0.25) is 9.69 Å². The smallest absolute Gasteiger partial charge is 0.251 e. The summed E-state index contributed by atoms with van der Waals surface area (Å²) in [6, 6.07) is 21.1. The molecule has 2 aromatic heterocycles. The highest BCUT2D eigenvalue weighted by atomic mass is 16.5. The van der Waals surface area contributed by atoms with Gasteiger partial charge in [0.05, 0.1) is 11.3 Å². The monoisotopic (exact) mass is 453 g/mol. The molecule has 0 saturated heterocycles. The number of amides is 1. The second kappa shape index (κ2) is 8.68. The number of rotatable bonds is 5. The Morgan fingerprint density at radius 2 is 1.68 bits per heavy atom. The lowest BCUT2D eigenvalue weighted by Gasteiger charge is -2.26. The van der Waals surface area contributed by atoms with E-state index in [0.717, 1.165) is 46.9 Å². The second-order valence-electron chi connectivity index (χ2n) is 8.66. The van der Waals surface area contributed by atoms with Gasteiger partial charge in [-0.05, 0) is 55.4 Å². The zero-order valence-electron chi connectivity index (χ0n) is 19.3. The Morgan fingerprint density at radius 1 is 0.971 bits per heavy atom. The lowest BCUT2D eigenvalue weighted by atomic mass is 9.96. The Kier molecular flexibility index (Phi) is 5.55. The summed E-state index contributed by atoms with van der Waals surface area (Å²) in [5.74, 6) is 0.774. The maximum Gasteiger partial charge on any atom is 0.251 e.